The van der Waals surface area contributed by atoms with Crippen LogP contribution in [-0.2, 0) is 4.79 Å². The van der Waals surface area contributed by atoms with Crippen molar-refractivity contribution in [1.29, 1.82) is 0 Å². The number of rotatable bonds is 4. The van der Waals surface area contributed by atoms with Crippen molar-refractivity contribution in [2.45, 2.75) is 25.3 Å². The zero-order valence-corrected chi connectivity index (χ0v) is 10.9. The second-order valence-corrected chi connectivity index (χ2v) is 4.94. The van der Waals surface area contributed by atoms with Crippen LogP contribution in [0.2, 0.25) is 0 Å². The lowest BCUT2D eigenvalue weighted by molar-refractivity contribution is -0.385. The number of hydrogen-bond donors (Lipinski definition) is 2. The van der Waals surface area contributed by atoms with E-state index in [0.29, 0.717) is 25.3 Å². The summed E-state index contributed by atoms with van der Waals surface area (Å²) in [4.78, 5) is 32.5. The molecule has 1 fully saturated rings. The van der Waals surface area contributed by atoms with Crippen LogP contribution in [-0.4, -0.2) is 27.9 Å². The first kappa shape index (κ1) is 14.9. The van der Waals surface area contributed by atoms with Gasteiger partial charge >= 0.3 is 5.97 Å². The van der Waals surface area contributed by atoms with Crippen molar-refractivity contribution in [2.24, 2.45) is 5.92 Å². The van der Waals surface area contributed by atoms with Crippen LogP contribution in [0.1, 0.15) is 29.6 Å². The highest BCUT2D eigenvalue weighted by atomic mass is 19.1. The number of nitrogens with one attached hydrogen (secondary N) is 1. The second kappa shape index (κ2) is 5.86. The number of aliphatic carboxylic acids is 1. The van der Waals surface area contributed by atoms with Gasteiger partial charge in [-0.3, -0.25) is 19.7 Å². The minimum Gasteiger partial charge on any atom is -0.481 e. The lowest BCUT2D eigenvalue weighted by Crippen LogP contribution is -2.33. The Labute approximate surface area is 118 Å². The number of non-ortho nitro benzene ring substituents is 1. The van der Waals surface area contributed by atoms with E-state index in [9.17, 15) is 24.1 Å². The number of nitro groups is 1. The molecule has 7 nitrogen and oxygen atoms in total. The van der Waals surface area contributed by atoms with Crippen molar-refractivity contribution >= 4 is 17.6 Å². The van der Waals surface area contributed by atoms with Crippen molar-refractivity contribution < 1.29 is 24.0 Å². The van der Waals surface area contributed by atoms with E-state index in [1.165, 1.54) is 0 Å². The Kier molecular flexibility index (Phi) is 4.15. The van der Waals surface area contributed by atoms with E-state index in [1.54, 1.807) is 0 Å². The normalized spacial score (nSPS) is 21.0. The van der Waals surface area contributed by atoms with Gasteiger partial charge in [0.05, 0.1) is 22.5 Å². The molecule has 2 N–H and O–H groups in total. The molecule has 0 heterocycles. The number of nitro benzene ring substituents is 1. The molecule has 2 atom stereocenters. The number of carboxylic acid groups (broad SMARTS) is 1. The predicted molar refractivity (Wildman–Crippen MR) is 69.3 cm³/mol. The maximum atomic E-state index is 13.7. The predicted octanol–water partition coefficient (Wildman–Crippen LogP) is 1.72. The summed E-state index contributed by atoms with van der Waals surface area (Å²) in [5.74, 6) is -3.09. The number of carboxylic acids is 1. The molecule has 112 valence electrons. The molecule has 0 unspecified atom stereocenters. The van der Waals surface area contributed by atoms with Crippen molar-refractivity contribution in [1.82, 2.24) is 5.32 Å². The van der Waals surface area contributed by atoms with Gasteiger partial charge in [-0.25, -0.2) is 4.39 Å². The van der Waals surface area contributed by atoms with Gasteiger partial charge in [-0.1, -0.05) is 0 Å². The molecule has 1 amide bonds. The van der Waals surface area contributed by atoms with Crippen molar-refractivity contribution in [3.05, 3.63) is 39.7 Å². The Bertz CT molecular complexity index is 604. The summed E-state index contributed by atoms with van der Waals surface area (Å²) in [6, 6.07) is 2.45. The lowest BCUT2D eigenvalue weighted by atomic mass is 10.1. The first-order chi connectivity index (χ1) is 9.88. The quantitative estimate of drug-likeness (QED) is 0.649. The summed E-state index contributed by atoms with van der Waals surface area (Å²) in [5.41, 5.74) is -0.727. The van der Waals surface area contributed by atoms with Gasteiger partial charge < -0.3 is 10.4 Å². The van der Waals surface area contributed by atoms with Crippen LogP contribution < -0.4 is 5.32 Å². The van der Waals surface area contributed by atoms with Gasteiger partial charge in [-0.05, 0) is 25.3 Å². The average Bonchev–Trinajstić information content (AvgIpc) is 2.87. The van der Waals surface area contributed by atoms with Gasteiger partial charge in [0.1, 0.15) is 5.82 Å². The van der Waals surface area contributed by atoms with E-state index in [4.69, 9.17) is 5.11 Å². The third-order valence-corrected chi connectivity index (χ3v) is 3.53. The van der Waals surface area contributed by atoms with E-state index in [1.807, 2.05) is 0 Å². The van der Waals surface area contributed by atoms with Crippen LogP contribution in [0.25, 0.3) is 0 Å². The molecule has 1 aliphatic carbocycles. The first-order valence-electron chi connectivity index (χ1n) is 6.36. The Hall–Kier alpha value is -2.51. The minimum atomic E-state index is -0.977. The monoisotopic (exact) mass is 296 g/mol. The van der Waals surface area contributed by atoms with E-state index in [-0.39, 0.29) is 11.6 Å². The third kappa shape index (κ3) is 3.33. The third-order valence-electron chi connectivity index (χ3n) is 3.53. The fourth-order valence-electron chi connectivity index (χ4n) is 2.40. The molecule has 8 heteroatoms. The number of carbonyl (C=O) groups excluding carboxylic acids is 1. The smallest absolute Gasteiger partial charge is 0.306 e. The number of amides is 1. The Morgan fingerprint density at radius 1 is 1.38 bits per heavy atom. The molecular formula is C13H13FN2O5. The number of nitrogens with zero attached hydrogens (tertiary/aromatic N) is 1. The zero-order chi connectivity index (χ0) is 15.6. The van der Waals surface area contributed by atoms with Gasteiger partial charge in [-0.15, -0.1) is 0 Å². The Morgan fingerprint density at radius 2 is 2.10 bits per heavy atom. The summed E-state index contributed by atoms with van der Waals surface area (Å²) in [5, 5.41) is 21.9. The summed E-state index contributed by atoms with van der Waals surface area (Å²) >= 11 is 0. The lowest BCUT2D eigenvalue weighted by Gasteiger charge is -2.12. The molecule has 0 radical (unpaired) electrons. The fourth-order valence-corrected chi connectivity index (χ4v) is 2.40. The molecule has 0 saturated heterocycles. The van der Waals surface area contributed by atoms with Crippen molar-refractivity contribution in [3.63, 3.8) is 0 Å². The molecule has 2 rings (SSSR count). The van der Waals surface area contributed by atoms with Gasteiger partial charge in [0.2, 0.25) is 0 Å². The van der Waals surface area contributed by atoms with Crippen LogP contribution in [0.4, 0.5) is 10.1 Å². The highest BCUT2D eigenvalue weighted by Crippen LogP contribution is 2.26. The minimum absolute atomic E-state index is 0.292. The second-order valence-electron chi connectivity index (χ2n) is 4.94. The molecular weight excluding hydrogens is 283 g/mol. The molecule has 1 saturated carbocycles. The summed E-state index contributed by atoms with van der Waals surface area (Å²) in [7, 11) is 0. The largest absolute Gasteiger partial charge is 0.481 e. The summed E-state index contributed by atoms with van der Waals surface area (Å²) in [6.07, 6.45) is 1.27. The van der Waals surface area contributed by atoms with Crippen LogP contribution in [0.3, 0.4) is 0 Å². The molecule has 21 heavy (non-hydrogen) atoms. The summed E-state index contributed by atoms with van der Waals surface area (Å²) in [6.45, 7) is 0. The van der Waals surface area contributed by atoms with E-state index in [0.717, 1.165) is 12.1 Å². The van der Waals surface area contributed by atoms with E-state index < -0.39 is 34.2 Å². The number of hydrogen-bond acceptors (Lipinski definition) is 4. The molecule has 1 aromatic rings. The van der Waals surface area contributed by atoms with Gasteiger partial charge in [0, 0.05) is 12.1 Å². The van der Waals surface area contributed by atoms with Crippen LogP contribution in [0.15, 0.2) is 18.2 Å². The Balaban J connectivity index is 2.04. The van der Waals surface area contributed by atoms with Crippen molar-refractivity contribution in [2.75, 3.05) is 0 Å². The zero-order valence-electron chi connectivity index (χ0n) is 10.9. The highest BCUT2D eigenvalue weighted by Gasteiger charge is 2.31. The molecule has 1 aliphatic rings. The fraction of sp³-hybridized carbons (Fsp3) is 0.385. The van der Waals surface area contributed by atoms with Crippen LogP contribution in [0.5, 0.6) is 0 Å². The SMILES string of the molecule is O=C(N[C@H]1CC[C@@H](C(=O)O)C1)c1ccc([N+](=O)[O-])cc1F. The van der Waals surface area contributed by atoms with Crippen molar-refractivity contribution in [3.8, 4) is 0 Å². The molecule has 0 aliphatic heterocycles. The molecule has 0 spiro atoms. The van der Waals surface area contributed by atoms with E-state index >= 15 is 0 Å². The van der Waals surface area contributed by atoms with Crippen LogP contribution >= 0.6 is 0 Å². The Morgan fingerprint density at radius 3 is 2.62 bits per heavy atom. The molecule has 0 aromatic heterocycles. The molecule has 1 aromatic carbocycles. The highest BCUT2D eigenvalue weighted by molar-refractivity contribution is 5.95. The van der Waals surface area contributed by atoms with Crippen LogP contribution in [0, 0.1) is 21.8 Å². The molecule has 0 bridgehead atoms. The number of benzene rings is 1. The average molecular weight is 296 g/mol. The first-order valence-corrected chi connectivity index (χ1v) is 6.36. The van der Waals surface area contributed by atoms with Gasteiger partial charge in [0.15, 0.2) is 0 Å². The number of carbonyl (C=O) groups is 2. The van der Waals surface area contributed by atoms with E-state index in [2.05, 4.69) is 5.32 Å². The van der Waals surface area contributed by atoms with Gasteiger partial charge in [-0.2, -0.15) is 0 Å². The summed E-state index contributed by atoms with van der Waals surface area (Å²) < 4.78 is 13.7. The topological polar surface area (TPSA) is 110 Å². The standard InChI is InChI=1S/C13H13FN2O5/c14-11-6-9(16(20)21)3-4-10(11)12(17)15-8-2-1-7(5-8)13(18)19/h3-4,6-8H,1-2,5H2,(H,15,17)(H,18,19)/t7-,8+/m1/s1. The van der Waals surface area contributed by atoms with Gasteiger partial charge in [0.25, 0.3) is 11.6 Å². The number of halogens is 1. The maximum absolute atomic E-state index is 13.7. The maximum Gasteiger partial charge on any atom is 0.306 e.